The molecule has 1 aromatic rings. The van der Waals surface area contributed by atoms with E-state index in [1.165, 1.54) is 0 Å². The van der Waals surface area contributed by atoms with Crippen molar-refractivity contribution >= 4 is 5.97 Å². The van der Waals surface area contributed by atoms with Crippen molar-refractivity contribution in [3.05, 3.63) is 47.7 Å². The first kappa shape index (κ1) is 30.3. The van der Waals surface area contributed by atoms with Gasteiger partial charge in [0.2, 0.25) is 0 Å². The second-order valence-corrected chi connectivity index (χ2v) is 8.79. The van der Waals surface area contributed by atoms with E-state index in [9.17, 15) is 9.90 Å². The highest BCUT2D eigenvalue weighted by atomic mass is 16.7. The molecule has 1 heterocycles. The van der Waals surface area contributed by atoms with Gasteiger partial charge in [0.1, 0.15) is 24.1 Å². The average Bonchev–Trinajstić information content (AvgIpc) is 2.90. The van der Waals surface area contributed by atoms with E-state index < -0.39 is 30.6 Å². The quantitative estimate of drug-likeness (QED) is 0.213. The molecule has 1 aliphatic heterocycles. The Morgan fingerprint density at radius 3 is 2.36 bits per heavy atom. The SMILES string of the molecule is CCCCOCC1OC(OCC(CO)OC(=O)c2ccccc2)C(OCCCC)C=C1OCCCC. The second kappa shape index (κ2) is 18.3. The highest BCUT2D eigenvalue weighted by molar-refractivity contribution is 5.89. The van der Waals surface area contributed by atoms with Crippen molar-refractivity contribution in [1.82, 2.24) is 0 Å². The Morgan fingerprint density at radius 1 is 0.972 bits per heavy atom. The lowest BCUT2D eigenvalue weighted by Gasteiger charge is -2.35. The Morgan fingerprint density at radius 2 is 1.67 bits per heavy atom. The molecular formula is C28H44O8. The number of benzene rings is 1. The third kappa shape index (κ3) is 11.0. The molecule has 1 aromatic carbocycles. The molecule has 8 heteroatoms. The number of hydrogen-bond acceptors (Lipinski definition) is 8. The fourth-order valence-corrected chi connectivity index (χ4v) is 3.43. The summed E-state index contributed by atoms with van der Waals surface area (Å²) < 4.78 is 35.6. The molecular weight excluding hydrogens is 464 g/mol. The van der Waals surface area contributed by atoms with E-state index in [2.05, 4.69) is 20.8 Å². The first-order valence-electron chi connectivity index (χ1n) is 13.3. The summed E-state index contributed by atoms with van der Waals surface area (Å²) in [6, 6.07) is 8.65. The number of esters is 1. The van der Waals surface area contributed by atoms with Crippen molar-refractivity contribution in [2.75, 3.05) is 39.6 Å². The van der Waals surface area contributed by atoms with Crippen molar-refractivity contribution in [3.8, 4) is 0 Å². The summed E-state index contributed by atoms with van der Waals surface area (Å²) in [5, 5.41) is 9.79. The highest BCUT2D eigenvalue weighted by Gasteiger charge is 2.35. The summed E-state index contributed by atoms with van der Waals surface area (Å²) in [4.78, 5) is 12.4. The maximum atomic E-state index is 12.4. The number of carbonyl (C=O) groups is 1. The van der Waals surface area contributed by atoms with Gasteiger partial charge in [-0.1, -0.05) is 58.2 Å². The van der Waals surface area contributed by atoms with Gasteiger partial charge in [-0.15, -0.1) is 0 Å². The van der Waals surface area contributed by atoms with Crippen LogP contribution in [-0.2, 0) is 28.4 Å². The van der Waals surface area contributed by atoms with Crippen LogP contribution in [0, 0.1) is 0 Å². The van der Waals surface area contributed by atoms with Gasteiger partial charge in [0.25, 0.3) is 0 Å². The van der Waals surface area contributed by atoms with Gasteiger partial charge in [0.15, 0.2) is 6.29 Å². The summed E-state index contributed by atoms with van der Waals surface area (Å²) in [7, 11) is 0. The molecule has 1 aliphatic rings. The standard InChI is InChI=1S/C28H44O8/c1-4-7-15-31-21-26-24(32-16-8-5-2)18-25(33-17-9-6-3)28(36-26)34-20-23(19-29)35-27(30)22-13-11-10-12-14-22/h10-14,18,23,25-26,28-29H,4-9,15-17,19-21H2,1-3H3. The van der Waals surface area contributed by atoms with E-state index in [1.54, 1.807) is 24.3 Å². The maximum absolute atomic E-state index is 12.4. The smallest absolute Gasteiger partial charge is 0.338 e. The van der Waals surface area contributed by atoms with Crippen LogP contribution < -0.4 is 0 Å². The van der Waals surface area contributed by atoms with E-state index in [-0.39, 0.29) is 13.2 Å². The lowest BCUT2D eigenvalue weighted by atomic mass is 10.1. The van der Waals surface area contributed by atoms with Crippen LogP contribution in [0.4, 0.5) is 0 Å². The Labute approximate surface area is 215 Å². The van der Waals surface area contributed by atoms with Crippen molar-refractivity contribution in [1.29, 1.82) is 0 Å². The molecule has 0 bridgehead atoms. The minimum Gasteiger partial charge on any atom is -0.495 e. The second-order valence-electron chi connectivity index (χ2n) is 8.79. The molecule has 0 amide bonds. The first-order chi connectivity index (χ1) is 17.6. The van der Waals surface area contributed by atoms with Crippen LogP contribution in [0.1, 0.15) is 69.7 Å². The molecule has 0 spiro atoms. The molecule has 4 unspecified atom stereocenters. The van der Waals surface area contributed by atoms with Gasteiger partial charge in [-0.05, 0) is 37.5 Å². The number of ether oxygens (including phenoxy) is 6. The van der Waals surface area contributed by atoms with Crippen molar-refractivity contribution in [3.63, 3.8) is 0 Å². The third-order valence-electron chi connectivity index (χ3n) is 5.63. The minimum atomic E-state index is -0.844. The average molecular weight is 509 g/mol. The lowest BCUT2D eigenvalue weighted by molar-refractivity contribution is -0.240. The van der Waals surface area contributed by atoms with Crippen LogP contribution in [0.25, 0.3) is 0 Å². The van der Waals surface area contributed by atoms with Crippen LogP contribution >= 0.6 is 0 Å². The number of hydrogen-bond donors (Lipinski definition) is 1. The number of unbranched alkanes of at least 4 members (excludes halogenated alkanes) is 3. The summed E-state index contributed by atoms with van der Waals surface area (Å²) in [5.41, 5.74) is 0.409. The number of carbonyl (C=O) groups excluding carboxylic acids is 1. The molecule has 36 heavy (non-hydrogen) atoms. The molecule has 1 N–H and O–H groups in total. The molecule has 4 atom stereocenters. The fourth-order valence-electron chi connectivity index (χ4n) is 3.43. The normalized spacial score (nSPS) is 20.6. The van der Waals surface area contributed by atoms with Gasteiger partial charge in [-0.3, -0.25) is 0 Å². The maximum Gasteiger partial charge on any atom is 0.338 e. The number of rotatable bonds is 19. The molecule has 0 radical (unpaired) electrons. The minimum absolute atomic E-state index is 0.0450. The first-order valence-corrected chi connectivity index (χ1v) is 13.3. The lowest BCUT2D eigenvalue weighted by Crippen LogP contribution is -2.45. The van der Waals surface area contributed by atoms with Crippen LogP contribution in [0.5, 0.6) is 0 Å². The van der Waals surface area contributed by atoms with E-state index in [1.807, 2.05) is 12.1 Å². The molecule has 0 saturated carbocycles. The van der Waals surface area contributed by atoms with E-state index in [4.69, 9.17) is 28.4 Å². The summed E-state index contributed by atoms with van der Waals surface area (Å²) in [6.07, 6.45) is 5.26. The molecule has 204 valence electrons. The fraction of sp³-hybridized carbons (Fsp3) is 0.679. The van der Waals surface area contributed by atoms with Crippen molar-refractivity contribution in [2.45, 2.75) is 83.9 Å². The number of aliphatic hydroxyl groups is 1. The van der Waals surface area contributed by atoms with E-state index in [0.29, 0.717) is 37.8 Å². The van der Waals surface area contributed by atoms with Crippen molar-refractivity contribution in [2.24, 2.45) is 0 Å². The Bertz CT molecular complexity index is 738. The van der Waals surface area contributed by atoms with E-state index in [0.717, 1.165) is 38.5 Å². The van der Waals surface area contributed by atoms with Gasteiger partial charge in [0.05, 0.1) is 32.0 Å². The van der Waals surface area contributed by atoms with Gasteiger partial charge in [0, 0.05) is 13.2 Å². The van der Waals surface area contributed by atoms with E-state index >= 15 is 0 Å². The Hall–Kier alpha value is -1.97. The van der Waals surface area contributed by atoms with Crippen LogP contribution in [0.15, 0.2) is 42.2 Å². The largest absolute Gasteiger partial charge is 0.495 e. The zero-order chi connectivity index (χ0) is 26.0. The molecule has 0 fully saturated rings. The zero-order valence-corrected chi connectivity index (χ0v) is 22.1. The predicted octanol–water partition coefficient (Wildman–Crippen LogP) is 4.65. The van der Waals surface area contributed by atoms with Gasteiger partial charge < -0.3 is 33.5 Å². The van der Waals surface area contributed by atoms with Crippen LogP contribution in [0.2, 0.25) is 0 Å². The summed E-state index contributed by atoms with van der Waals surface area (Å²) in [6.45, 7) is 8.02. The number of aliphatic hydroxyl groups excluding tert-OH is 1. The highest BCUT2D eigenvalue weighted by Crippen LogP contribution is 2.25. The molecule has 0 aliphatic carbocycles. The molecule has 8 nitrogen and oxygen atoms in total. The van der Waals surface area contributed by atoms with Gasteiger partial charge in [-0.25, -0.2) is 4.79 Å². The van der Waals surface area contributed by atoms with Crippen LogP contribution in [0.3, 0.4) is 0 Å². The Kier molecular flexibility index (Phi) is 15.4. The zero-order valence-electron chi connectivity index (χ0n) is 22.1. The molecule has 0 aromatic heterocycles. The van der Waals surface area contributed by atoms with Crippen molar-refractivity contribution < 1.29 is 38.3 Å². The third-order valence-corrected chi connectivity index (χ3v) is 5.63. The molecule has 0 saturated heterocycles. The summed E-state index contributed by atoms with van der Waals surface area (Å²) >= 11 is 0. The topological polar surface area (TPSA) is 92.7 Å². The van der Waals surface area contributed by atoms with Crippen LogP contribution in [-0.4, -0.2) is 75.3 Å². The van der Waals surface area contributed by atoms with Gasteiger partial charge in [-0.2, -0.15) is 0 Å². The monoisotopic (exact) mass is 508 g/mol. The molecule has 2 rings (SSSR count). The summed E-state index contributed by atoms with van der Waals surface area (Å²) in [5.74, 6) is 0.169. The Balaban J connectivity index is 2.06. The predicted molar refractivity (Wildman–Crippen MR) is 137 cm³/mol. The van der Waals surface area contributed by atoms with Gasteiger partial charge >= 0.3 is 5.97 Å².